The Bertz CT molecular complexity index is 678. The van der Waals surface area contributed by atoms with Crippen LogP contribution in [0, 0.1) is 5.92 Å². The van der Waals surface area contributed by atoms with Gasteiger partial charge in [-0.1, -0.05) is 6.42 Å². The molecule has 3 heterocycles. The normalized spacial score (nSPS) is 18.7. The van der Waals surface area contributed by atoms with Crippen molar-refractivity contribution in [3.63, 3.8) is 0 Å². The molecule has 1 amide bonds. The molecule has 2 aromatic heterocycles. The van der Waals surface area contributed by atoms with E-state index >= 15 is 0 Å². The second kappa shape index (κ2) is 4.54. The van der Waals surface area contributed by atoms with Crippen molar-refractivity contribution in [2.24, 2.45) is 5.92 Å². The van der Waals surface area contributed by atoms with Crippen LogP contribution in [0.1, 0.15) is 30.5 Å². The van der Waals surface area contributed by atoms with E-state index in [1.807, 2.05) is 17.0 Å². The third kappa shape index (κ3) is 1.87. The Kier molecular flexibility index (Phi) is 2.69. The van der Waals surface area contributed by atoms with Crippen LogP contribution in [0.3, 0.4) is 0 Å². The molecule has 1 aliphatic heterocycles. The fourth-order valence-electron chi connectivity index (χ4n) is 3.07. The number of aromatic nitrogens is 2. The molecule has 1 fully saturated rings. The van der Waals surface area contributed by atoms with E-state index in [1.165, 1.54) is 12.0 Å². The lowest BCUT2D eigenvalue weighted by Gasteiger charge is -2.34. The van der Waals surface area contributed by atoms with Crippen molar-refractivity contribution in [2.75, 3.05) is 6.54 Å². The first-order valence-electron chi connectivity index (χ1n) is 7.33. The molecule has 0 unspecified atom stereocenters. The number of nitrogens with zero attached hydrogens (tertiary/aromatic N) is 3. The molecular formula is C16H17N3O. The molecule has 102 valence electrons. The summed E-state index contributed by atoms with van der Waals surface area (Å²) in [4.78, 5) is 23.3. The van der Waals surface area contributed by atoms with E-state index in [0.29, 0.717) is 12.5 Å². The highest BCUT2D eigenvalue weighted by Gasteiger charge is 2.31. The summed E-state index contributed by atoms with van der Waals surface area (Å²) in [5.74, 6) is 0.625. The largest absolute Gasteiger partial charge is 0.338 e. The van der Waals surface area contributed by atoms with Gasteiger partial charge in [-0.2, -0.15) is 0 Å². The van der Waals surface area contributed by atoms with Crippen LogP contribution in [0.15, 0.2) is 24.4 Å². The predicted molar refractivity (Wildman–Crippen MR) is 76.0 cm³/mol. The van der Waals surface area contributed by atoms with Gasteiger partial charge < -0.3 is 4.90 Å². The number of fused-ring (bicyclic) bond motifs is 2. The maximum absolute atomic E-state index is 12.3. The summed E-state index contributed by atoms with van der Waals surface area (Å²) in [5, 5.41) is 1.06. The molecule has 1 saturated carbocycles. The maximum Gasteiger partial charge on any atom is 0.225 e. The Hall–Kier alpha value is -1.97. The van der Waals surface area contributed by atoms with Crippen LogP contribution in [0.25, 0.3) is 11.0 Å². The standard InChI is InChI=1S/C16H17N3O/c20-16(11-3-1-4-11)19-8-6-14-13(10-19)9-12-5-2-7-17-15(12)18-14/h2,5,7,9,11H,1,3-4,6,8,10H2. The molecular weight excluding hydrogens is 250 g/mol. The second-order valence-electron chi connectivity index (χ2n) is 5.78. The molecule has 20 heavy (non-hydrogen) atoms. The molecule has 1 aliphatic carbocycles. The average Bonchev–Trinajstić information content (AvgIpc) is 2.42. The summed E-state index contributed by atoms with van der Waals surface area (Å²) in [6, 6.07) is 6.10. The van der Waals surface area contributed by atoms with Crippen LogP contribution in [0.4, 0.5) is 0 Å². The minimum absolute atomic E-state index is 0.284. The van der Waals surface area contributed by atoms with E-state index < -0.39 is 0 Å². The second-order valence-corrected chi connectivity index (χ2v) is 5.78. The smallest absolute Gasteiger partial charge is 0.225 e. The molecule has 0 spiro atoms. The van der Waals surface area contributed by atoms with Crippen molar-refractivity contribution in [1.82, 2.24) is 14.9 Å². The first-order chi connectivity index (χ1) is 9.81. The topological polar surface area (TPSA) is 46.1 Å². The Morgan fingerprint density at radius 1 is 1.35 bits per heavy atom. The van der Waals surface area contributed by atoms with Crippen molar-refractivity contribution in [1.29, 1.82) is 0 Å². The first kappa shape index (κ1) is 11.8. The Morgan fingerprint density at radius 3 is 3.05 bits per heavy atom. The van der Waals surface area contributed by atoms with Crippen LogP contribution >= 0.6 is 0 Å². The number of carbonyl (C=O) groups is 1. The van der Waals surface area contributed by atoms with Crippen LogP contribution in [-0.2, 0) is 17.8 Å². The molecule has 4 rings (SSSR count). The third-order valence-electron chi connectivity index (χ3n) is 4.50. The van der Waals surface area contributed by atoms with Gasteiger partial charge in [-0.3, -0.25) is 4.79 Å². The Balaban J connectivity index is 1.64. The number of rotatable bonds is 1. The summed E-state index contributed by atoms with van der Waals surface area (Å²) in [7, 11) is 0. The highest BCUT2D eigenvalue weighted by Crippen LogP contribution is 2.30. The molecule has 0 N–H and O–H groups in total. The molecule has 4 nitrogen and oxygen atoms in total. The summed E-state index contributed by atoms with van der Waals surface area (Å²) in [6.07, 6.45) is 5.97. The highest BCUT2D eigenvalue weighted by atomic mass is 16.2. The lowest BCUT2D eigenvalue weighted by Crippen LogP contribution is -2.42. The van der Waals surface area contributed by atoms with Gasteiger partial charge in [0, 0.05) is 42.7 Å². The van der Waals surface area contributed by atoms with Gasteiger partial charge in [-0.05, 0) is 36.6 Å². The van der Waals surface area contributed by atoms with Gasteiger partial charge in [-0.25, -0.2) is 9.97 Å². The summed E-state index contributed by atoms with van der Waals surface area (Å²) in [6.45, 7) is 1.51. The van der Waals surface area contributed by atoms with Gasteiger partial charge in [0.15, 0.2) is 5.65 Å². The zero-order chi connectivity index (χ0) is 13.5. The van der Waals surface area contributed by atoms with Crippen molar-refractivity contribution in [3.8, 4) is 0 Å². The third-order valence-corrected chi connectivity index (χ3v) is 4.50. The van der Waals surface area contributed by atoms with Crippen LogP contribution in [-0.4, -0.2) is 27.3 Å². The summed E-state index contributed by atoms with van der Waals surface area (Å²) >= 11 is 0. The monoisotopic (exact) mass is 267 g/mol. The van der Waals surface area contributed by atoms with Gasteiger partial charge in [0.05, 0.1) is 0 Å². The lowest BCUT2D eigenvalue weighted by atomic mass is 9.84. The lowest BCUT2D eigenvalue weighted by molar-refractivity contribution is -0.139. The van der Waals surface area contributed by atoms with E-state index in [0.717, 1.165) is 42.5 Å². The van der Waals surface area contributed by atoms with Gasteiger partial charge in [0.1, 0.15) is 0 Å². The molecule has 0 aromatic carbocycles. The number of pyridine rings is 2. The van der Waals surface area contributed by atoms with E-state index in [-0.39, 0.29) is 5.92 Å². The van der Waals surface area contributed by atoms with Gasteiger partial charge in [0.25, 0.3) is 0 Å². The number of carbonyl (C=O) groups excluding carboxylic acids is 1. The molecule has 0 atom stereocenters. The van der Waals surface area contributed by atoms with Crippen molar-refractivity contribution < 1.29 is 4.79 Å². The van der Waals surface area contributed by atoms with Crippen molar-refractivity contribution >= 4 is 16.9 Å². The van der Waals surface area contributed by atoms with Crippen LogP contribution < -0.4 is 0 Å². The fraction of sp³-hybridized carbons (Fsp3) is 0.438. The van der Waals surface area contributed by atoms with Crippen molar-refractivity contribution in [3.05, 3.63) is 35.7 Å². The molecule has 0 bridgehead atoms. The Labute approximate surface area is 117 Å². The summed E-state index contributed by atoms with van der Waals surface area (Å²) < 4.78 is 0. The van der Waals surface area contributed by atoms with Gasteiger partial charge >= 0.3 is 0 Å². The molecule has 0 radical (unpaired) electrons. The number of hydrogen-bond acceptors (Lipinski definition) is 3. The number of hydrogen-bond donors (Lipinski definition) is 0. The van der Waals surface area contributed by atoms with Crippen molar-refractivity contribution in [2.45, 2.75) is 32.2 Å². The van der Waals surface area contributed by atoms with Gasteiger partial charge in [0.2, 0.25) is 5.91 Å². The van der Waals surface area contributed by atoms with Gasteiger partial charge in [-0.15, -0.1) is 0 Å². The quantitative estimate of drug-likeness (QED) is 0.796. The Morgan fingerprint density at radius 2 is 2.25 bits per heavy atom. The van der Waals surface area contributed by atoms with Crippen LogP contribution in [0.2, 0.25) is 0 Å². The number of amides is 1. The minimum atomic E-state index is 0.284. The SMILES string of the molecule is O=C(C1CCC1)N1CCc2nc3ncccc3cc2C1. The zero-order valence-electron chi connectivity index (χ0n) is 11.4. The minimum Gasteiger partial charge on any atom is -0.338 e. The predicted octanol–water partition coefficient (Wildman–Crippen LogP) is 2.31. The average molecular weight is 267 g/mol. The zero-order valence-corrected chi connectivity index (χ0v) is 11.4. The molecule has 2 aromatic rings. The van der Waals surface area contributed by atoms with E-state index in [1.54, 1.807) is 6.20 Å². The highest BCUT2D eigenvalue weighted by molar-refractivity contribution is 5.80. The van der Waals surface area contributed by atoms with E-state index in [2.05, 4.69) is 16.0 Å². The molecule has 4 heteroatoms. The summed E-state index contributed by atoms with van der Waals surface area (Å²) in [5.41, 5.74) is 3.10. The molecule has 0 saturated heterocycles. The fourth-order valence-corrected chi connectivity index (χ4v) is 3.07. The maximum atomic E-state index is 12.3. The van der Waals surface area contributed by atoms with Crippen LogP contribution in [0.5, 0.6) is 0 Å². The van der Waals surface area contributed by atoms with E-state index in [4.69, 9.17) is 0 Å². The van der Waals surface area contributed by atoms with E-state index in [9.17, 15) is 4.79 Å². The molecule has 2 aliphatic rings. The first-order valence-corrected chi connectivity index (χ1v) is 7.33.